The first kappa shape index (κ1) is 18.2. The number of allylic oxidation sites excluding steroid dienone is 2. The van der Waals surface area contributed by atoms with Crippen LogP contribution < -0.4 is 0 Å². The number of hydrogen-bond acceptors (Lipinski definition) is 0. The van der Waals surface area contributed by atoms with Crippen molar-refractivity contribution in [1.82, 2.24) is 0 Å². The normalized spacial score (nSPS) is 22.8. The largest absolute Gasteiger partial charge is 0.0622 e. The van der Waals surface area contributed by atoms with E-state index in [1.165, 1.54) is 47.1 Å². The molecule has 7 rings (SSSR count). The minimum atomic E-state index is 0.116. The molecule has 154 valence electrons. The summed E-state index contributed by atoms with van der Waals surface area (Å²) in [5, 5.41) is 0. The predicted octanol–water partition coefficient (Wildman–Crippen LogP) is 7.92. The van der Waals surface area contributed by atoms with Crippen LogP contribution in [0.2, 0.25) is 0 Å². The SMILES string of the molecule is c1ccc(C2=C(c3ccccc3)C3(c4cccc5c4Cc4ccccc4-5)CCC2C3)cc1. The zero-order valence-corrected chi connectivity index (χ0v) is 18.2. The van der Waals surface area contributed by atoms with Gasteiger partial charge in [-0.3, -0.25) is 0 Å². The molecular formula is C32H26. The fourth-order valence-electron chi connectivity index (χ4n) is 7.00. The first-order valence-electron chi connectivity index (χ1n) is 11.9. The minimum Gasteiger partial charge on any atom is -0.0622 e. The monoisotopic (exact) mass is 410 g/mol. The Kier molecular flexibility index (Phi) is 3.88. The Morgan fingerprint density at radius 3 is 2.12 bits per heavy atom. The summed E-state index contributed by atoms with van der Waals surface area (Å²) in [6, 6.07) is 38.5. The molecule has 0 aromatic heterocycles. The van der Waals surface area contributed by atoms with E-state index in [1.54, 1.807) is 22.3 Å². The Hall–Kier alpha value is -3.38. The van der Waals surface area contributed by atoms with E-state index in [2.05, 4.69) is 103 Å². The average Bonchev–Trinajstić information content (AvgIpc) is 3.55. The summed E-state index contributed by atoms with van der Waals surface area (Å²) in [6.07, 6.45) is 4.85. The molecule has 4 aromatic rings. The topological polar surface area (TPSA) is 0 Å². The van der Waals surface area contributed by atoms with Crippen molar-refractivity contribution in [2.45, 2.75) is 31.1 Å². The van der Waals surface area contributed by atoms with Crippen LogP contribution in [0.1, 0.15) is 47.1 Å². The second-order valence-electron chi connectivity index (χ2n) is 9.71. The highest BCUT2D eigenvalue weighted by Gasteiger charge is 2.53. The van der Waals surface area contributed by atoms with Crippen LogP contribution >= 0.6 is 0 Å². The van der Waals surface area contributed by atoms with Crippen LogP contribution in [0.15, 0.2) is 103 Å². The molecule has 0 heteroatoms. The van der Waals surface area contributed by atoms with Crippen molar-refractivity contribution in [3.8, 4) is 11.1 Å². The molecule has 0 aliphatic heterocycles. The number of fused-ring (bicyclic) bond motifs is 5. The molecule has 2 unspecified atom stereocenters. The van der Waals surface area contributed by atoms with Gasteiger partial charge in [-0.1, -0.05) is 103 Å². The van der Waals surface area contributed by atoms with Gasteiger partial charge in [0.25, 0.3) is 0 Å². The summed E-state index contributed by atoms with van der Waals surface area (Å²) in [6.45, 7) is 0. The molecule has 32 heavy (non-hydrogen) atoms. The van der Waals surface area contributed by atoms with E-state index >= 15 is 0 Å². The van der Waals surface area contributed by atoms with Crippen LogP contribution in [0.3, 0.4) is 0 Å². The van der Waals surface area contributed by atoms with Gasteiger partial charge in [0.05, 0.1) is 0 Å². The Balaban J connectivity index is 1.50. The third-order valence-electron chi connectivity index (χ3n) is 8.18. The van der Waals surface area contributed by atoms with Gasteiger partial charge >= 0.3 is 0 Å². The zero-order chi connectivity index (χ0) is 21.1. The smallest absolute Gasteiger partial charge is 0.0221 e. The highest BCUT2D eigenvalue weighted by atomic mass is 14.6. The molecule has 0 spiro atoms. The van der Waals surface area contributed by atoms with E-state index in [0.717, 1.165) is 6.42 Å². The molecule has 0 N–H and O–H groups in total. The molecular weight excluding hydrogens is 384 g/mol. The Bertz CT molecular complexity index is 1360. The summed E-state index contributed by atoms with van der Waals surface area (Å²) in [5.74, 6) is 0.646. The predicted molar refractivity (Wildman–Crippen MR) is 133 cm³/mol. The molecule has 0 saturated heterocycles. The van der Waals surface area contributed by atoms with Crippen molar-refractivity contribution in [1.29, 1.82) is 0 Å². The lowest BCUT2D eigenvalue weighted by Crippen LogP contribution is -2.25. The Labute approximate surface area is 190 Å². The highest BCUT2D eigenvalue weighted by Crippen LogP contribution is 2.65. The van der Waals surface area contributed by atoms with Crippen molar-refractivity contribution < 1.29 is 0 Å². The summed E-state index contributed by atoms with van der Waals surface area (Å²) < 4.78 is 0. The van der Waals surface area contributed by atoms with Crippen LogP contribution in [0, 0.1) is 5.92 Å². The first-order chi connectivity index (χ1) is 15.9. The van der Waals surface area contributed by atoms with Crippen LogP contribution in [0.25, 0.3) is 22.3 Å². The number of benzene rings is 4. The van der Waals surface area contributed by atoms with Gasteiger partial charge in [0.2, 0.25) is 0 Å². The summed E-state index contributed by atoms with van der Waals surface area (Å²) in [5.41, 5.74) is 13.6. The van der Waals surface area contributed by atoms with E-state index in [9.17, 15) is 0 Å². The second kappa shape index (κ2) is 6.81. The second-order valence-corrected chi connectivity index (χ2v) is 9.71. The molecule has 2 bridgehead atoms. The van der Waals surface area contributed by atoms with Crippen molar-refractivity contribution in [3.05, 3.63) is 131 Å². The molecule has 0 heterocycles. The van der Waals surface area contributed by atoms with Crippen molar-refractivity contribution in [2.24, 2.45) is 5.92 Å². The molecule has 4 aromatic carbocycles. The fraction of sp³-hybridized carbons (Fsp3) is 0.188. The molecule has 3 aliphatic carbocycles. The van der Waals surface area contributed by atoms with Gasteiger partial charge in [-0.05, 0) is 81.7 Å². The van der Waals surface area contributed by atoms with Crippen LogP contribution in [-0.4, -0.2) is 0 Å². The zero-order valence-electron chi connectivity index (χ0n) is 18.2. The highest BCUT2D eigenvalue weighted by molar-refractivity contribution is 6.01. The van der Waals surface area contributed by atoms with Gasteiger partial charge < -0.3 is 0 Å². The first-order valence-corrected chi connectivity index (χ1v) is 11.9. The lowest BCUT2D eigenvalue weighted by Gasteiger charge is -2.35. The molecule has 0 nitrogen and oxygen atoms in total. The third kappa shape index (κ3) is 2.44. The lowest BCUT2D eigenvalue weighted by molar-refractivity contribution is 0.579. The summed E-state index contributed by atoms with van der Waals surface area (Å²) in [7, 11) is 0. The Morgan fingerprint density at radius 1 is 0.625 bits per heavy atom. The van der Waals surface area contributed by atoms with Gasteiger partial charge in [-0.15, -0.1) is 0 Å². The standard InChI is InChI=1S/C32H26/c1-3-10-22(11-4-1)30-25-18-19-32(21-25,31(30)23-12-5-2-6-13-23)29-17-9-16-27-26-15-8-7-14-24(26)20-28(27)29/h1-17,25H,18-21H2. The van der Waals surface area contributed by atoms with Crippen molar-refractivity contribution in [3.63, 3.8) is 0 Å². The van der Waals surface area contributed by atoms with Crippen LogP contribution in [0.4, 0.5) is 0 Å². The third-order valence-corrected chi connectivity index (χ3v) is 8.18. The minimum absolute atomic E-state index is 0.116. The van der Waals surface area contributed by atoms with Gasteiger partial charge in [0, 0.05) is 5.41 Å². The van der Waals surface area contributed by atoms with Gasteiger partial charge in [0.1, 0.15) is 0 Å². The molecule has 3 aliphatic rings. The van der Waals surface area contributed by atoms with E-state index in [0.29, 0.717) is 5.92 Å². The lowest BCUT2D eigenvalue weighted by atomic mass is 9.68. The van der Waals surface area contributed by atoms with E-state index in [4.69, 9.17) is 0 Å². The maximum Gasteiger partial charge on any atom is 0.0221 e. The molecule has 0 radical (unpaired) electrons. The maximum absolute atomic E-state index is 2.45. The quantitative estimate of drug-likeness (QED) is 0.283. The number of hydrogen-bond donors (Lipinski definition) is 0. The van der Waals surface area contributed by atoms with Crippen molar-refractivity contribution >= 4 is 11.1 Å². The van der Waals surface area contributed by atoms with Gasteiger partial charge in [-0.2, -0.15) is 0 Å². The summed E-state index contributed by atoms with van der Waals surface area (Å²) in [4.78, 5) is 0. The Morgan fingerprint density at radius 2 is 1.31 bits per heavy atom. The van der Waals surface area contributed by atoms with Gasteiger partial charge in [0.15, 0.2) is 0 Å². The van der Waals surface area contributed by atoms with Crippen LogP contribution in [-0.2, 0) is 11.8 Å². The van der Waals surface area contributed by atoms with Crippen LogP contribution in [0.5, 0.6) is 0 Å². The molecule has 2 atom stereocenters. The van der Waals surface area contributed by atoms with Gasteiger partial charge in [-0.25, -0.2) is 0 Å². The number of rotatable bonds is 3. The average molecular weight is 411 g/mol. The molecule has 1 saturated carbocycles. The van der Waals surface area contributed by atoms with E-state index in [1.807, 2.05) is 0 Å². The molecule has 1 fully saturated rings. The van der Waals surface area contributed by atoms with Crippen molar-refractivity contribution in [2.75, 3.05) is 0 Å². The fourth-order valence-corrected chi connectivity index (χ4v) is 7.00. The van der Waals surface area contributed by atoms with E-state index in [-0.39, 0.29) is 5.41 Å². The summed E-state index contributed by atoms with van der Waals surface area (Å²) >= 11 is 0. The maximum atomic E-state index is 2.45. The molecule has 0 amide bonds. The van der Waals surface area contributed by atoms with E-state index < -0.39 is 0 Å².